The van der Waals surface area contributed by atoms with Crippen molar-refractivity contribution in [3.63, 3.8) is 0 Å². The Morgan fingerprint density at radius 3 is 2.91 bits per heavy atom. The maximum absolute atomic E-state index is 14.5. The molecule has 0 aliphatic carbocycles. The van der Waals surface area contributed by atoms with E-state index in [-0.39, 0.29) is 23.6 Å². The number of carbonyl (C=O) groups is 1. The zero-order valence-corrected chi connectivity index (χ0v) is 20.3. The average molecular weight is 482 g/mol. The fourth-order valence-electron chi connectivity index (χ4n) is 4.42. The number of halogens is 1. The summed E-state index contributed by atoms with van der Waals surface area (Å²) >= 11 is 0. The summed E-state index contributed by atoms with van der Waals surface area (Å²) in [5, 5.41) is 6.25. The maximum atomic E-state index is 14.5. The zero-order valence-electron chi connectivity index (χ0n) is 20.3. The highest BCUT2D eigenvalue weighted by molar-refractivity contribution is 6.07. The first-order valence-corrected chi connectivity index (χ1v) is 11.9. The summed E-state index contributed by atoms with van der Waals surface area (Å²) in [4.78, 5) is 20.9. The molecule has 2 aromatic heterocycles. The molecule has 0 bridgehead atoms. The molecule has 1 aliphatic rings. The van der Waals surface area contributed by atoms with Crippen molar-refractivity contribution in [1.82, 2.24) is 15.3 Å². The lowest BCUT2D eigenvalue weighted by molar-refractivity contribution is 0.0939. The molecule has 0 radical (unpaired) electrons. The van der Waals surface area contributed by atoms with Gasteiger partial charge in [0.1, 0.15) is 5.75 Å². The number of nitrogens with zero attached hydrogens (tertiary/aromatic N) is 1. The number of unbranched alkanes of at least 4 members (excludes halogenated alkanes) is 1. The molecule has 0 saturated heterocycles. The average Bonchev–Trinajstić information content (AvgIpc) is 3.21. The molecular formula is C26H32FN5O3. The van der Waals surface area contributed by atoms with Gasteiger partial charge in [-0.15, -0.1) is 0 Å². The fourth-order valence-corrected chi connectivity index (χ4v) is 4.42. The molecule has 4 rings (SSSR count). The Morgan fingerprint density at radius 2 is 2.17 bits per heavy atom. The summed E-state index contributed by atoms with van der Waals surface area (Å²) < 4.78 is 25.8. The number of aromatic amines is 1. The summed E-state index contributed by atoms with van der Waals surface area (Å²) in [6.07, 6.45) is 5.93. The quantitative estimate of drug-likeness (QED) is 0.312. The summed E-state index contributed by atoms with van der Waals surface area (Å²) in [6, 6.07) is 6.40. The van der Waals surface area contributed by atoms with E-state index in [1.807, 2.05) is 13.0 Å². The van der Waals surface area contributed by atoms with E-state index < -0.39 is 5.82 Å². The van der Waals surface area contributed by atoms with Crippen LogP contribution < -0.4 is 25.8 Å². The van der Waals surface area contributed by atoms with Crippen LogP contribution in [0.4, 0.5) is 15.8 Å². The lowest BCUT2D eigenvalue weighted by Gasteiger charge is -2.25. The first kappa shape index (κ1) is 24.5. The van der Waals surface area contributed by atoms with Crippen LogP contribution in [0.5, 0.6) is 11.5 Å². The van der Waals surface area contributed by atoms with Crippen molar-refractivity contribution in [2.75, 3.05) is 25.6 Å². The Balaban J connectivity index is 1.89. The number of para-hydroxylation sites is 1. The predicted molar refractivity (Wildman–Crippen MR) is 134 cm³/mol. The molecule has 5 N–H and O–H groups in total. The van der Waals surface area contributed by atoms with Gasteiger partial charge < -0.3 is 30.8 Å². The minimum absolute atomic E-state index is 0.00213. The van der Waals surface area contributed by atoms with Crippen molar-refractivity contribution in [2.45, 2.75) is 45.1 Å². The number of methoxy groups -OCH3 is 1. The van der Waals surface area contributed by atoms with Crippen LogP contribution in [0.15, 0.2) is 36.7 Å². The third-order valence-corrected chi connectivity index (χ3v) is 6.07. The second-order valence-corrected chi connectivity index (χ2v) is 8.80. The smallest absolute Gasteiger partial charge is 0.255 e. The molecule has 2 atom stereocenters. The molecule has 3 heterocycles. The van der Waals surface area contributed by atoms with Crippen LogP contribution in [0.2, 0.25) is 0 Å². The van der Waals surface area contributed by atoms with E-state index in [0.717, 1.165) is 24.1 Å². The SMILES string of the molecule is CCCCOc1cnccc1-c1[nH]c2c(c1Nc1cccc(F)c1OC)C(=O)NC[C@H]2CC(C)N. The topological polar surface area (TPSA) is 114 Å². The molecule has 35 heavy (non-hydrogen) atoms. The highest BCUT2D eigenvalue weighted by Gasteiger charge is 2.34. The third kappa shape index (κ3) is 5.09. The molecule has 0 saturated carbocycles. The van der Waals surface area contributed by atoms with Gasteiger partial charge in [0.05, 0.1) is 42.5 Å². The van der Waals surface area contributed by atoms with Crippen LogP contribution >= 0.6 is 0 Å². The number of ether oxygens (including phenoxy) is 2. The Labute approximate surface area is 204 Å². The van der Waals surface area contributed by atoms with E-state index in [9.17, 15) is 9.18 Å². The van der Waals surface area contributed by atoms with Gasteiger partial charge in [-0.05, 0) is 38.0 Å². The maximum Gasteiger partial charge on any atom is 0.255 e. The monoisotopic (exact) mass is 481 g/mol. The van der Waals surface area contributed by atoms with Crippen molar-refractivity contribution >= 4 is 17.3 Å². The Bertz CT molecular complexity index is 1190. The number of fused-ring (bicyclic) bond motifs is 1. The molecule has 8 nitrogen and oxygen atoms in total. The molecular weight excluding hydrogens is 449 g/mol. The number of H-pyrrole nitrogens is 1. The second-order valence-electron chi connectivity index (χ2n) is 8.80. The number of nitrogens with two attached hydrogens (primary N) is 1. The normalized spacial score (nSPS) is 15.8. The number of pyridine rings is 1. The molecule has 186 valence electrons. The van der Waals surface area contributed by atoms with Crippen LogP contribution in [-0.4, -0.2) is 42.2 Å². The second kappa shape index (κ2) is 10.8. The minimum Gasteiger partial charge on any atom is -0.492 e. The summed E-state index contributed by atoms with van der Waals surface area (Å²) in [7, 11) is 1.41. The number of rotatable bonds is 10. The number of anilines is 2. The van der Waals surface area contributed by atoms with Crippen molar-refractivity contribution in [3.8, 4) is 22.8 Å². The molecule has 1 aromatic carbocycles. The van der Waals surface area contributed by atoms with Crippen LogP contribution in [-0.2, 0) is 0 Å². The van der Waals surface area contributed by atoms with Crippen molar-refractivity contribution < 1.29 is 18.7 Å². The fraction of sp³-hybridized carbons (Fsp3) is 0.385. The highest BCUT2D eigenvalue weighted by atomic mass is 19.1. The Hall–Kier alpha value is -3.59. The summed E-state index contributed by atoms with van der Waals surface area (Å²) in [5.74, 6) is -0.0689. The van der Waals surface area contributed by atoms with Gasteiger partial charge in [0.15, 0.2) is 11.6 Å². The molecule has 1 unspecified atom stereocenters. The van der Waals surface area contributed by atoms with Crippen molar-refractivity contribution in [1.29, 1.82) is 0 Å². The van der Waals surface area contributed by atoms with E-state index in [1.165, 1.54) is 13.2 Å². The molecule has 3 aromatic rings. The van der Waals surface area contributed by atoms with Crippen molar-refractivity contribution in [3.05, 3.63) is 53.7 Å². The molecule has 0 fully saturated rings. The van der Waals surface area contributed by atoms with E-state index in [1.54, 1.807) is 24.5 Å². The minimum atomic E-state index is -0.504. The molecule has 0 spiro atoms. The number of nitrogens with one attached hydrogen (secondary N) is 3. The number of hydrogen-bond donors (Lipinski definition) is 4. The van der Waals surface area contributed by atoms with Gasteiger partial charge in [0, 0.05) is 36.0 Å². The van der Waals surface area contributed by atoms with E-state index in [2.05, 4.69) is 27.5 Å². The zero-order chi connectivity index (χ0) is 24.9. The first-order valence-electron chi connectivity index (χ1n) is 11.9. The predicted octanol–water partition coefficient (Wildman–Crippen LogP) is 4.71. The first-order chi connectivity index (χ1) is 16.9. The number of benzene rings is 1. The van der Waals surface area contributed by atoms with Gasteiger partial charge in [-0.25, -0.2) is 4.39 Å². The lowest BCUT2D eigenvalue weighted by atomic mass is 9.91. The van der Waals surface area contributed by atoms with Gasteiger partial charge in [0.2, 0.25) is 0 Å². The van der Waals surface area contributed by atoms with Gasteiger partial charge in [-0.2, -0.15) is 0 Å². The van der Waals surface area contributed by atoms with Crippen LogP contribution in [0.3, 0.4) is 0 Å². The molecule has 1 aliphatic heterocycles. The summed E-state index contributed by atoms with van der Waals surface area (Å²) in [6.45, 7) is 5.06. The van der Waals surface area contributed by atoms with Crippen molar-refractivity contribution in [2.24, 2.45) is 5.73 Å². The third-order valence-electron chi connectivity index (χ3n) is 6.07. The Kier molecular flexibility index (Phi) is 7.55. The van der Waals surface area contributed by atoms with Gasteiger partial charge in [-0.3, -0.25) is 9.78 Å². The van der Waals surface area contributed by atoms with Crippen LogP contribution in [0.1, 0.15) is 55.1 Å². The molecule has 9 heteroatoms. The van der Waals surface area contributed by atoms with E-state index in [0.29, 0.717) is 48.0 Å². The highest BCUT2D eigenvalue weighted by Crippen LogP contribution is 2.44. The number of aromatic nitrogens is 2. The van der Waals surface area contributed by atoms with Crippen LogP contribution in [0.25, 0.3) is 11.3 Å². The number of hydrogen-bond acceptors (Lipinski definition) is 6. The number of amides is 1. The van der Waals surface area contributed by atoms with E-state index >= 15 is 0 Å². The number of carbonyl (C=O) groups excluding carboxylic acids is 1. The summed E-state index contributed by atoms with van der Waals surface area (Å²) in [5.41, 5.74) is 9.69. The van der Waals surface area contributed by atoms with E-state index in [4.69, 9.17) is 15.2 Å². The Morgan fingerprint density at radius 1 is 1.34 bits per heavy atom. The van der Waals surface area contributed by atoms with Gasteiger partial charge in [-0.1, -0.05) is 19.4 Å². The van der Waals surface area contributed by atoms with Gasteiger partial charge >= 0.3 is 0 Å². The lowest BCUT2D eigenvalue weighted by Crippen LogP contribution is -2.37. The standard InChI is InChI=1S/C26H32FN5O3/c1-4-5-11-35-20-14-29-10-9-17(20)23-24(31-19-8-6-7-18(27)25(19)34-3)21-22(32-23)16(12-15(2)28)13-30-26(21)33/h6-10,14-16,31-32H,4-5,11-13,28H2,1-3H3,(H,30,33)/t15?,16-/m1/s1. The largest absolute Gasteiger partial charge is 0.492 e. The molecule has 1 amide bonds. The van der Waals surface area contributed by atoms with Crippen LogP contribution in [0, 0.1) is 5.82 Å². The van der Waals surface area contributed by atoms with Gasteiger partial charge in [0.25, 0.3) is 5.91 Å².